The Labute approximate surface area is 429 Å². The van der Waals surface area contributed by atoms with Crippen molar-refractivity contribution in [3.63, 3.8) is 0 Å². The Morgan fingerprint density at radius 3 is 1.42 bits per heavy atom. The van der Waals surface area contributed by atoms with Gasteiger partial charge in [-0.05, 0) is 197 Å². The summed E-state index contributed by atoms with van der Waals surface area (Å²) in [5.41, 5.74) is 1.94. The number of alkyl halides is 6. The van der Waals surface area contributed by atoms with Crippen LogP contribution in [0.2, 0.25) is 0 Å². The number of carbonyl (C=O) groups excluding carboxylic acids is 1. The summed E-state index contributed by atoms with van der Waals surface area (Å²) in [6.07, 6.45) is 4.18. The number of aliphatic carboxylic acids is 1. The average molecular weight is 1060 g/mol. The zero-order valence-corrected chi connectivity index (χ0v) is 43.0. The van der Waals surface area contributed by atoms with Crippen molar-refractivity contribution in [2.45, 2.75) is 177 Å². The molecule has 406 valence electrons. The minimum Gasteiger partial charge on any atom is -0.508 e. The lowest BCUT2D eigenvalue weighted by molar-refractivity contribution is -0.185. The first-order valence-corrected chi connectivity index (χ1v) is 28.0. The number of hydrogen-bond donors (Lipinski definition) is 4. The van der Waals surface area contributed by atoms with E-state index >= 15 is 0 Å². The van der Waals surface area contributed by atoms with Gasteiger partial charge in [0, 0.05) is 24.2 Å². The standard InChI is InChI=1S/C27H32F3NO3.C21H25NO3.C8H13F3O3S/c28-27(29,30)21-4-7-22(8-5-21)34-23-6-3-19-15-18(1-2-20(19)16-23)17-31-26-12-9-25(10-13-26,11-14-26)24(32)33;1-25-19(24)20-6-9-21(10-7-20,11-8-20)22-14-15-2-3-17-13-18(23)5-4-16(17)12-15;1-15(12,13)14-7-4-2-6(3-5-7)8(9,10)11/h1-3,6,15-16,21-22,31H,4-5,7-14,17H2,(H,32,33);2-5,12-13,22-23H,6-11,14H2,1H3;6-7H,2-5H2,1H3. The lowest BCUT2D eigenvalue weighted by Gasteiger charge is -2.52. The normalized spacial score (nSPS) is 29.9. The molecule has 0 atom stereocenters. The molecule has 8 fully saturated rings. The number of nitrogens with one attached hydrogen (secondary N) is 2. The molecular formula is C56H70F6N2O9S. The van der Waals surface area contributed by atoms with Gasteiger partial charge in [0.1, 0.15) is 11.5 Å². The summed E-state index contributed by atoms with van der Waals surface area (Å²) in [4.78, 5) is 23.8. The van der Waals surface area contributed by atoms with Gasteiger partial charge >= 0.3 is 24.3 Å². The van der Waals surface area contributed by atoms with Crippen molar-refractivity contribution >= 4 is 43.6 Å². The highest BCUT2D eigenvalue weighted by Crippen LogP contribution is 2.54. The number of ether oxygens (including phenoxy) is 2. The Kier molecular flexibility index (Phi) is 16.6. The van der Waals surface area contributed by atoms with Crippen LogP contribution >= 0.6 is 0 Å². The number of carboxylic acids is 1. The van der Waals surface area contributed by atoms with E-state index < -0.39 is 51.8 Å². The van der Waals surface area contributed by atoms with Crippen molar-refractivity contribution in [3.8, 4) is 11.5 Å². The van der Waals surface area contributed by atoms with Gasteiger partial charge in [-0.2, -0.15) is 34.8 Å². The molecule has 0 saturated heterocycles. The first-order valence-electron chi connectivity index (χ1n) is 26.1. The number of methoxy groups -OCH3 is 1. The van der Waals surface area contributed by atoms with E-state index in [2.05, 4.69) is 51.2 Å². The maximum absolute atomic E-state index is 12.9. The minimum atomic E-state index is -4.17. The lowest BCUT2D eigenvalue weighted by atomic mass is 9.57. The van der Waals surface area contributed by atoms with Crippen molar-refractivity contribution in [1.82, 2.24) is 10.6 Å². The fourth-order valence-corrected chi connectivity index (χ4v) is 13.3. The van der Waals surface area contributed by atoms with Crippen LogP contribution in [0.1, 0.15) is 140 Å². The summed E-state index contributed by atoms with van der Waals surface area (Å²) >= 11 is 0. The molecule has 0 heterocycles. The predicted molar refractivity (Wildman–Crippen MR) is 269 cm³/mol. The SMILES string of the molecule is COC(=O)C12CCC(NCc3ccc4cc(O)ccc4c3)(CC1)CC2.CS(=O)(=O)OC1CCC(C(F)(F)F)CC1.O=C(O)C12CCC(NCc3ccc4cc(OC5CCC(C(F)(F)F)CC5)ccc4c3)(CC1)CC2. The third-order valence-corrected chi connectivity index (χ3v) is 18.2. The van der Waals surface area contributed by atoms with Crippen LogP contribution in [0, 0.1) is 22.7 Å². The molecule has 11 nitrogen and oxygen atoms in total. The quantitative estimate of drug-likeness (QED) is 0.0607. The molecule has 74 heavy (non-hydrogen) atoms. The zero-order chi connectivity index (χ0) is 53.2. The molecule has 4 bridgehead atoms. The largest absolute Gasteiger partial charge is 0.508 e. The summed E-state index contributed by atoms with van der Waals surface area (Å²) < 4.78 is 113. The Bertz CT molecular complexity index is 2680. The van der Waals surface area contributed by atoms with E-state index in [1.807, 2.05) is 24.3 Å². The number of fused-ring (bicyclic) bond motifs is 8. The molecule has 0 aromatic heterocycles. The van der Waals surface area contributed by atoms with E-state index in [0.717, 1.165) is 118 Å². The van der Waals surface area contributed by atoms with Gasteiger partial charge in [0.25, 0.3) is 10.1 Å². The number of phenolic OH excluding ortho intramolecular Hbond substituents is 1. The van der Waals surface area contributed by atoms with Gasteiger partial charge in [0.15, 0.2) is 0 Å². The van der Waals surface area contributed by atoms with Gasteiger partial charge in [-0.25, -0.2) is 0 Å². The second-order valence-electron chi connectivity index (χ2n) is 22.3. The third kappa shape index (κ3) is 13.5. The highest BCUT2D eigenvalue weighted by molar-refractivity contribution is 7.86. The Hall–Kier alpha value is -4.65. The second kappa shape index (κ2) is 22.1. The number of hydrogen-bond acceptors (Lipinski definition) is 10. The van der Waals surface area contributed by atoms with Gasteiger partial charge in [-0.15, -0.1) is 0 Å². The number of aromatic hydroxyl groups is 1. The van der Waals surface area contributed by atoms with E-state index in [4.69, 9.17) is 9.47 Å². The van der Waals surface area contributed by atoms with Crippen LogP contribution < -0.4 is 15.4 Å². The van der Waals surface area contributed by atoms with Gasteiger partial charge in [0.05, 0.1) is 48.2 Å². The molecule has 0 unspecified atom stereocenters. The van der Waals surface area contributed by atoms with Crippen LogP contribution in [0.5, 0.6) is 11.5 Å². The Morgan fingerprint density at radius 2 is 0.986 bits per heavy atom. The Balaban J connectivity index is 0.000000160. The van der Waals surface area contributed by atoms with E-state index in [1.54, 1.807) is 12.1 Å². The number of halogens is 6. The highest BCUT2D eigenvalue weighted by atomic mass is 32.2. The smallest absolute Gasteiger partial charge is 0.391 e. The zero-order valence-electron chi connectivity index (χ0n) is 42.2. The second-order valence-corrected chi connectivity index (χ2v) is 23.9. The maximum atomic E-state index is 12.9. The van der Waals surface area contributed by atoms with Gasteiger partial charge in [-0.3, -0.25) is 13.8 Å². The van der Waals surface area contributed by atoms with Crippen LogP contribution in [0.4, 0.5) is 26.3 Å². The number of phenols is 1. The topological polar surface area (TPSA) is 160 Å². The van der Waals surface area contributed by atoms with Crippen LogP contribution in [0.3, 0.4) is 0 Å². The van der Waals surface area contributed by atoms with Crippen molar-refractivity contribution in [1.29, 1.82) is 0 Å². The van der Waals surface area contributed by atoms with Crippen LogP contribution in [-0.4, -0.2) is 79.6 Å². The van der Waals surface area contributed by atoms with E-state index in [1.165, 1.54) is 18.2 Å². The minimum absolute atomic E-state index is 0.0152. The molecule has 18 heteroatoms. The van der Waals surface area contributed by atoms with Crippen LogP contribution in [-0.2, 0) is 41.7 Å². The van der Waals surface area contributed by atoms with Gasteiger partial charge in [-0.1, -0.05) is 36.4 Å². The maximum Gasteiger partial charge on any atom is 0.391 e. The molecule has 0 aliphatic heterocycles. The summed E-state index contributed by atoms with van der Waals surface area (Å²) in [6.45, 7) is 1.58. The number of carbonyl (C=O) groups is 2. The molecule has 8 aliphatic carbocycles. The first-order chi connectivity index (χ1) is 34.9. The molecule has 8 aliphatic rings. The van der Waals surface area contributed by atoms with Crippen molar-refractivity contribution in [2.24, 2.45) is 22.7 Å². The monoisotopic (exact) mass is 1060 g/mol. The van der Waals surface area contributed by atoms with E-state index in [9.17, 15) is 54.6 Å². The highest BCUT2D eigenvalue weighted by Gasteiger charge is 2.54. The Morgan fingerprint density at radius 1 is 0.581 bits per heavy atom. The molecule has 4 aromatic rings. The molecule has 4 aromatic carbocycles. The van der Waals surface area contributed by atoms with Crippen LogP contribution in [0.25, 0.3) is 21.5 Å². The molecule has 8 saturated carbocycles. The first kappa shape index (κ1) is 55.6. The van der Waals surface area contributed by atoms with E-state index in [0.29, 0.717) is 24.3 Å². The molecule has 0 radical (unpaired) electrons. The summed E-state index contributed by atoms with van der Waals surface area (Å²) in [5.74, 6) is -2.14. The summed E-state index contributed by atoms with van der Waals surface area (Å²) in [5, 5.41) is 31.0. The number of carboxylic acid groups (broad SMARTS) is 1. The van der Waals surface area contributed by atoms with Gasteiger partial charge in [0.2, 0.25) is 0 Å². The molecule has 0 amide bonds. The number of benzene rings is 4. The molecule has 0 spiro atoms. The summed E-state index contributed by atoms with van der Waals surface area (Å²) in [6, 6.07) is 24.0. The van der Waals surface area contributed by atoms with E-state index in [-0.39, 0.29) is 67.1 Å². The van der Waals surface area contributed by atoms with Crippen molar-refractivity contribution < 1.29 is 68.2 Å². The molecular weight excluding hydrogens is 991 g/mol. The fraction of sp³-hybridized carbons (Fsp3) is 0.607. The predicted octanol–water partition coefficient (Wildman–Crippen LogP) is 12.6. The lowest BCUT2D eigenvalue weighted by Crippen LogP contribution is -2.56. The fourth-order valence-electron chi connectivity index (χ4n) is 12.6. The summed E-state index contributed by atoms with van der Waals surface area (Å²) in [7, 11) is -2.05. The van der Waals surface area contributed by atoms with Crippen molar-refractivity contribution in [2.75, 3.05) is 13.4 Å². The third-order valence-electron chi connectivity index (χ3n) is 17.6. The molecule has 4 N–H and O–H groups in total. The average Bonchev–Trinajstić information content (AvgIpc) is 3.38. The number of rotatable bonds is 12. The van der Waals surface area contributed by atoms with Gasteiger partial charge < -0.3 is 30.3 Å². The molecule has 12 rings (SSSR count). The van der Waals surface area contributed by atoms with Crippen LogP contribution in [0.15, 0.2) is 72.8 Å². The number of esters is 1. The van der Waals surface area contributed by atoms with Crippen molar-refractivity contribution in [3.05, 3.63) is 83.9 Å².